The van der Waals surface area contributed by atoms with Gasteiger partial charge in [-0.3, -0.25) is 9.59 Å². The van der Waals surface area contributed by atoms with Crippen LogP contribution >= 0.6 is 11.6 Å². The molecule has 1 amide bonds. The smallest absolute Gasteiger partial charge is 0.307 e. The summed E-state index contributed by atoms with van der Waals surface area (Å²) in [6, 6.07) is 1.40. The van der Waals surface area contributed by atoms with Gasteiger partial charge in [0.25, 0.3) is 0 Å². The van der Waals surface area contributed by atoms with Crippen molar-refractivity contribution in [2.24, 2.45) is 11.8 Å². The van der Waals surface area contributed by atoms with Crippen LogP contribution < -0.4 is 5.32 Å². The summed E-state index contributed by atoms with van der Waals surface area (Å²) < 4.78 is 0. The number of aliphatic carboxylic acids is 1. The lowest BCUT2D eigenvalue weighted by atomic mass is 10.3. The quantitative estimate of drug-likeness (QED) is 0.764. The third-order valence-electron chi connectivity index (χ3n) is 2.33. The number of amides is 1. The Morgan fingerprint density at radius 3 is 2.75 bits per heavy atom. The molecule has 1 saturated carbocycles. The fourth-order valence-electron chi connectivity index (χ4n) is 1.38. The van der Waals surface area contributed by atoms with Crippen LogP contribution in [0.2, 0.25) is 5.15 Å². The molecule has 1 heterocycles. The summed E-state index contributed by atoms with van der Waals surface area (Å²) in [6.45, 7) is 0. The van der Waals surface area contributed by atoms with Crippen LogP contribution in [0.5, 0.6) is 0 Å². The van der Waals surface area contributed by atoms with Crippen molar-refractivity contribution >= 4 is 29.3 Å². The molecule has 2 unspecified atom stereocenters. The highest BCUT2D eigenvalue weighted by Crippen LogP contribution is 2.39. The molecular weight excluding hydrogens is 234 g/mol. The Labute approximate surface area is 95.7 Å². The predicted molar refractivity (Wildman–Crippen MR) is 54.9 cm³/mol. The first kappa shape index (κ1) is 10.8. The maximum Gasteiger partial charge on any atom is 0.307 e. The first-order chi connectivity index (χ1) is 7.58. The molecule has 2 rings (SSSR count). The van der Waals surface area contributed by atoms with Crippen LogP contribution in [0.15, 0.2) is 12.4 Å². The molecule has 1 aromatic heterocycles. The van der Waals surface area contributed by atoms with Gasteiger partial charge >= 0.3 is 5.97 Å². The van der Waals surface area contributed by atoms with E-state index in [1.807, 2.05) is 0 Å². The molecule has 0 aliphatic heterocycles. The van der Waals surface area contributed by atoms with Crippen LogP contribution in [0.1, 0.15) is 6.42 Å². The SMILES string of the molecule is O=C(O)C1CC1C(=O)Nc1cc(Cl)ncn1. The van der Waals surface area contributed by atoms with Crippen LogP contribution in [0.25, 0.3) is 0 Å². The second-order valence-electron chi connectivity index (χ2n) is 3.50. The van der Waals surface area contributed by atoms with E-state index in [2.05, 4.69) is 15.3 Å². The van der Waals surface area contributed by atoms with Crippen molar-refractivity contribution in [3.05, 3.63) is 17.5 Å². The second-order valence-corrected chi connectivity index (χ2v) is 3.89. The lowest BCUT2D eigenvalue weighted by molar-refractivity contribution is -0.139. The number of nitrogens with one attached hydrogen (secondary N) is 1. The first-order valence-electron chi connectivity index (χ1n) is 4.59. The fraction of sp³-hybridized carbons (Fsp3) is 0.333. The Morgan fingerprint density at radius 2 is 2.19 bits per heavy atom. The van der Waals surface area contributed by atoms with Crippen LogP contribution in [0.4, 0.5) is 5.82 Å². The molecule has 0 radical (unpaired) electrons. The lowest BCUT2D eigenvalue weighted by Crippen LogP contribution is -2.17. The van der Waals surface area contributed by atoms with Gasteiger partial charge in [-0.1, -0.05) is 11.6 Å². The molecule has 1 aliphatic rings. The van der Waals surface area contributed by atoms with Gasteiger partial charge in [0.1, 0.15) is 17.3 Å². The third kappa shape index (κ3) is 2.27. The van der Waals surface area contributed by atoms with Crippen molar-refractivity contribution in [1.82, 2.24) is 9.97 Å². The minimum absolute atomic E-state index is 0.218. The highest BCUT2D eigenvalue weighted by molar-refractivity contribution is 6.29. The standard InChI is InChI=1S/C9H8ClN3O3/c10-6-2-7(12-3-11-6)13-8(14)4-1-5(4)9(15)16/h2-5H,1H2,(H,15,16)(H,11,12,13,14). The monoisotopic (exact) mass is 241 g/mol. The van der Waals surface area contributed by atoms with Crippen LogP contribution in [0.3, 0.4) is 0 Å². The summed E-state index contributed by atoms with van der Waals surface area (Å²) in [6.07, 6.45) is 1.60. The van der Waals surface area contributed by atoms with Crippen LogP contribution in [-0.4, -0.2) is 27.0 Å². The Kier molecular flexibility index (Phi) is 2.74. The number of rotatable bonds is 3. The zero-order chi connectivity index (χ0) is 11.7. The molecule has 6 nitrogen and oxygen atoms in total. The van der Waals surface area contributed by atoms with E-state index in [9.17, 15) is 9.59 Å². The molecule has 84 valence electrons. The third-order valence-corrected chi connectivity index (χ3v) is 2.54. The van der Waals surface area contributed by atoms with E-state index in [-0.39, 0.29) is 16.9 Å². The van der Waals surface area contributed by atoms with Gasteiger partial charge in [-0.05, 0) is 6.42 Å². The summed E-state index contributed by atoms with van der Waals surface area (Å²) in [5.41, 5.74) is 0. The van der Waals surface area contributed by atoms with Gasteiger partial charge in [0.15, 0.2) is 0 Å². The molecule has 16 heavy (non-hydrogen) atoms. The van der Waals surface area contributed by atoms with Crippen molar-refractivity contribution < 1.29 is 14.7 Å². The van der Waals surface area contributed by atoms with Gasteiger partial charge < -0.3 is 10.4 Å². The summed E-state index contributed by atoms with van der Waals surface area (Å²) in [5, 5.41) is 11.4. The molecular formula is C9H8ClN3O3. The second kappa shape index (κ2) is 4.05. The van der Waals surface area contributed by atoms with Gasteiger partial charge in [0, 0.05) is 6.07 Å². The Hall–Kier alpha value is -1.69. The number of carbonyl (C=O) groups is 2. The van der Waals surface area contributed by atoms with Crippen LogP contribution in [-0.2, 0) is 9.59 Å². The number of halogens is 1. The number of nitrogens with zero attached hydrogens (tertiary/aromatic N) is 2. The van der Waals surface area contributed by atoms with Gasteiger partial charge in [0.05, 0.1) is 11.8 Å². The van der Waals surface area contributed by atoms with Crippen molar-refractivity contribution in [1.29, 1.82) is 0 Å². The maximum atomic E-state index is 11.5. The van der Waals surface area contributed by atoms with E-state index in [1.165, 1.54) is 12.4 Å². The van der Waals surface area contributed by atoms with Crippen LogP contribution in [0, 0.1) is 11.8 Å². The van der Waals surface area contributed by atoms with Crippen molar-refractivity contribution in [3.8, 4) is 0 Å². The topological polar surface area (TPSA) is 92.2 Å². The summed E-state index contributed by atoms with van der Waals surface area (Å²) in [4.78, 5) is 29.5. The Morgan fingerprint density at radius 1 is 1.44 bits per heavy atom. The molecule has 7 heteroatoms. The number of carboxylic acid groups (broad SMARTS) is 1. The fourth-order valence-corrected chi connectivity index (χ4v) is 1.53. The van der Waals surface area contributed by atoms with E-state index < -0.39 is 17.8 Å². The van der Waals surface area contributed by atoms with Crippen molar-refractivity contribution in [3.63, 3.8) is 0 Å². The van der Waals surface area contributed by atoms with Gasteiger partial charge in [0.2, 0.25) is 5.91 Å². The average Bonchev–Trinajstić information content (AvgIpc) is 2.96. The molecule has 0 spiro atoms. The number of carboxylic acids is 1. The molecule has 0 saturated heterocycles. The Balaban J connectivity index is 1.96. The van der Waals surface area contributed by atoms with E-state index in [4.69, 9.17) is 16.7 Å². The highest BCUT2D eigenvalue weighted by atomic mass is 35.5. The molecule has 1 aliphatic carbocycles. The molecule has 1 aromatic rings. The molecule has 2 atom stereocenters. The molecule has 0 bridgehead atoms. The number of hydrogen-bond donors (Lipinski definition) is 2. The number of anilines is 1. The zero-order valence-corrected chi connectivity index (χ0v) is 8.81. The predicted octanol–water partition coefficient (Wildman–Crippen LogP) is 0.789. The summed E-state index contributed by atoms with van der Waals surface area (Å²) in [5.74, 6) is -2.05. The lowest BCUT2D eigenvalue weighted by Gasteiger charge is -2.02. The van der Waals surface area contributed by atoms with E-state index >= 15 is 0 Å². The van der Waals surface area contributed by atoms with E-state index in [1.54, 1.807) is 0 Å². The minimum atomic E-state index is -0.944. The Bertz CT molecular complexity index is 451. The first-order valence-corrected chi connectivity index (χ1v) is 4.97. The summed E-state index contributed by atoms with van der Waals surface area (Å²) >= 11 is 5.61. The zero-order valence-electron chi connectivity index (χ0n) is 8.05. The van der Waals surface area contributed by atoms with E-state index in [0.29, 0.717) is 6.42 Å². The normalized spacial score (nSPS) is 22.6. The van der Waals surface area contributed by atoms with E-state index in [0.717, 1.165) is 0 Å². The van der Waals surface area contributed by atoms with Gasteiger partial charge in [-0.25, -0.2) is 9.97 Å². The van der Waals surface area contributed by atoms with Crippen molar-refractivity contribution in [2.75, 3.05) is 5.32 Å². The summed E-state index contributed by atoms with van der Waals surface area (Å²) in [7, 11) is 0. The van der Waals surface area contributed by atoms with Crippen molar-refractivity contribution in [2.45, 2.75) is 6.42 Å². The minimum Gasteiger partial charge on any atom is -0.481 e. The largest absolute Gasteiger partial charge is 0.481 e. The molecule has 0 aromatic carbocycles. The highest BCUT2D eigenvalue weighted by Gasteiger charge is 2.48. The van der Waals surface area contributed by atoms with Gasteiger partial charge in [-0.15, -0.1) is 0 Å². The van der Waals surface area contributed by atoms with Gasteiger partial charge in [-0.2, -0.15) is 0 Å². The molecule has 1 fully saturated rings. The maximum absolute atomic E-state index is 11.5. The molecule has 2 N–H and O–H groups in total. The number of hydrogen-bond acceptors (Lipinski definition) is 4. The average molecular weight is 242 g/mol. The number of carbonyl (C=O) groups excluding carboxylic acids is 1. The number of aromatic nitrogens is 2.